The highest BCUT2D eigenvalue weighted by molar-refractivity contribution is 5.80. The zero-order valence-corrected chi connectivity index (χ0v) is 21.5. The van der Waals surface area contributed by atoms with E-state index in [1.165, 1.54) is 6.07 Å². The molecule has 1 heterocycles. The van der Waals surface area contributed by atoms with Crippen LogP contribution in [0.1, 0.15) is 22.7 Å². The van der Waals surface area contributed by atoms with Crippen LogP contribution in [-0.4, -0.2) is 43.1 Å². The van der Waals surface area contributed by atoms with Gasteiger partial charge in [0, 0.05) is 5.56 Å². The average molecular weight is 651 g/mol. The van der Waals surface area contributed by atoms with E-state index in [9.17, 15) is 62.2 Å². The van der Waals surface area contributed by atoms with Crippen molar-refractivity contribution in [3.05, 3.63) is 77.4 Å². The highest BCUT2D eigenvalue weighted by Gasteiger charge is 2.45. The molecule has 17 heteroatoms. The van der Waals surface area contributed by atoms with Crippen LogP contribution in [0.2, 0.25) is 0 Å². The molecule has 0 saturated heterocycles. The van der Waals surface area contributed by atoms with Gasteiger partial charge in [0.25, 0.3) is 0 Å². The maximum atomic E-state index is 13.5. The summed E-state index contributed by atoms with van der Waals surface area (Å²) in [7, 11) is 0. The molecule has 0 fully saturated rings. The van der Waals surface area contributed by atoms with Crippen molar-refractivity contribution in [2.75, 3.05) is 18.1 Å². The number of para-hydroxylation sites is 1. The van der Waals surface area contributed by atoms with Crippen molar-refractivity contribution in [3.8, 4) is 22.6 Å². The Morgan fingerprint density at radius 1 is 0.818 bits per heavy atom. The summed E-state index contributed by atoms with van der Waals surface area (Å²) in [4.78, 5) is 0.850. The molecule has 4 nitrogen and oxygen atoms in total. The largest absolute Gasteiger partial charge is 0.488 e. The van der Waals surface area contributed by atoms with Crippen molar-refractivity contribution in [1.29, 1.82) is 0 Å². The number of halogens is 13. The number of nitrogens with zero attached hydrogens (tertiary/aromatic N) is 1. The minimum atomic E-state index is -5.21. The van der Waals surface area contributed by atoms with Crippen LogP contribution < -0.4 is 14.4 Å². The van der Waals surface area contributed by atoms with Crippen LogP contribution in [0.25, 0.3) is 11.1 Å². The third kappa shape index (κ3) is 7.08. The number of aliphatic hydroxyl groups is 1. The number of benzene rings is 3. The predicted molar refractivity (Wildman–Crippen MR) is 128 cm³/mol. The Morgan fingerprint density at radius 2 is 1.41 bits per heavy atom. The lowest BCUT2D eigenvalue weighted by molar-refractivity contribution is -0.253. The SMILES string of the molecule is O[C@H](CN1c2cccc(-c3cc(C(F)(F)F)cc(C(F)(F)F)c3)c2OC[C@@H]1c1cccc(OC(F)(F)C(F)F)c1)C(F)(F)F. The lowest BCUT2D eigenvalue weighted by Crippen LogP contribution is -2.46. The molecule has 0 spiro atoms. The molecule has 1 aliphatic heterocycles. The predicted octanol–water partition coefficient (Wildman–Crippen LogP) is 8.49. The molecular weight excluding hydrogens is 633 g/mol. The van der Waals surface area contributed by atoms with Crippen LogP contribution in [0.4, 0.5) is 62.8 Å². The van der Waals surface area contributed by atoms with Crippen LogP contribution in [0.5, 0.6) is 11.5 Å². The molecule has 4 rings (SSSR count). The van der Waals surface area contributed by atoms with Crippen molar-refractivity contribution in [3.63, 3.8) is 0 Å². The average Bonchev–Trinajstić information content (AvgIpc) is 2.91. The number of anilines is 1. The van der Waals surface area contributed by atoms with Crippen LogP contribution in [0, 0.1) is 0 Å². The monoisotopic (exact) mass is 651 g/mol. The van der Waals surface area contributed by atoms with Gasteiger partial charge in [-0.3, -0.25) is 0 Å². The molecule has 240 valence electrons. The Bertz CT molecular complexity index is 1450. The van der Waals surface area contributed by atoms with E-state index < -0.39 is 84.5 Å². The van der Waals surface area contributed by atoms with Crippen molar-refractivity contribution in [1.82, 2.24) is 0 Å². The van der Waals surface area contributed by atoms with Gasteiger partial charge in [0.05, 0.1) is 29.4 Å². The van der Waals surface area contributed by atoms with Gasteiger partial charge in [-0.15, -0.1) is 0 Å². The quantitative estimate of drug-likeness (QED) is 0.261. The number of rotatable bonds is 7. The molecule has 0 unspecified atom stereocenters. The van der Waals surface area contributed by atoms with Crippen molar-refractivity contribution < 1.29 is 71.7 Å². The maximum absolute atomic E-state index is 13.5. The molecule has 0 saturated carbocycles. The molecule has 0 amide bonds. The van der Waals surface area contributed by atoms with Crippen LogP contribution in [0.15, 0.2) is 60.7 Å². The Kier molecular flexibility index (Phi) is 8.67. The highest BCUT2D eigenvalue weighted by atomic mass is 19.4. The van der Waals surface area contributed by atoms with Crippen molar-refractivity contribution in [2.45, 2.75) is 43.2 Å². The fraction of sp³-hybridized carbons (Fsp3) is 0.333. The van der Waals surface area contributed by atoms with Gasteiger partial charge in [-0.1, -0.05) is 24.3 Å². The summed E-state index contributed by atoms with van der Waals surface area (Å²) in [6.07, 6.45) is -27.8. The first-order valence-corrected chi connectivity index (χ1v) is 12.2. The number of hydrogen-bond donors (Lipinski definition) is 1. The lowest BCUT2D eigenvalue weighted by atomic mass is 9.95. The summed E-state index contributed by atoms with van der Waals surface area (Å²) in [5, 5.41) is 9.87. The zero-order chi connectivity index (χ0) is 32.8. The molecule has 1 aliphatic rings. The van der Waals surface area contributed by atoms with E-state index in [0.29, 0.717) is 12.1 Å². The third-order valence-corrected chi connectivity index (χ3v) is 6.46. The zero-order valence-electron chi connectivity index (χ0n) is 21.5. The first-order valence-electron chi connectivity index (χ1n) is 12.2. The standard InChI is InChI=1S/C27H18F13NO3/c28-23(29)27(39,40)44-17-4-1-3-13(9-17)20-12-43-22-18(5-2-6-19(22)41(20)11-21(42)26(36,37)38)14-7-15(24(30,31)32)10-16(8-14)25(33,34)35/h1-10,20-21,23,42H,11-12H2/t20-,21-/m1/s1. The summed E-state index contributed by atoms with van der Waals surface area (Å²) in [6.45, 7) is -1.93. The Labute approximate surface area is 239 Å². The molecule has 3 aromatic rings. The topological polar surface area (TPSA) is 41.9 Å². The van der Waals surface area contributed by atoms with Gasteiger partial charge in [0.15, 0.2) is 11.9 Å². The Balaban J connectivity index is 1.85. The Hall–Kier alpha value is -3.89. The van der Waals surface area contributed by atoms with Crippen molar-refractivity contribution >= 4 is 5.69 Å². The number of aliphatic hydroxyl groups excluding tert-OH is 1. The molecule has 1 N–H and O–H groups in total. The van der Waals surface area contributed by atoms with E-state index in [2.05, 4.69) is 4.74 Å². The van der Waals surface area contributed by atoms with Crippen LogP contribution in [0.3, 0.4) is 0 Å². The second-order valence-electron chi connectivity index (χ2n) is 9.52. The van der Waals surface area contributed by atoms with Crippen LogP contribution >= 0.6 is 0 Å². The van der Waals surface area contributed by atoms with E-state index in [4.69, 9.17) is 4.74 Å². The lowest BCUT2D eigenvalue weighted by Gasteiger charge is -2.41. The summed E-state index contributed by atoms with van der Waals surface area (Å²) in [6, 6.07) is 6.46. The number of β-amino-alcohol motifs (C(OH)–C–C–N with tert-alkyl or cyclic N) is 1. The summed E-state index contributed by atoms with van der Waals surface area (Å²) >= 11 is 0. The second-order valence-corrected chi connectivity index (χ2v) is 9.52. The van der Waals surface area contributed by atoms with Gasteiger partial charge in [-0.05, 0) is 47.5 Å². The molecule has 3 aromatic carbocycles. The number of fused-ring (bicyclic) bond motifs is 1. The summed E-state index contributed by atoms with van der Waals surface area (Å²) in [5.74, 6) is -1.26. The summed E-state index contributed by atoms with van der Waals surface area (Å²) < 4.78 is 183. The third-order valence-electron chi connectivity index (χ3n) is 6.46. The van der Waals surface area contributed by atoms with E-state index in [1.807, 2.05) is 0 Å². The van der Waals surface area contributed by atoms with E-state index >= 15 is 0 Å². The smallest absolute Gasteiger partial charge is 0.461 e. The molecule has 2 atom stereocenters. The van der Waals surface area contributed by atoms with Gasteiger partial charge in [0.1, 0.15) is 12.4 Å². The van der Waals surface area contributed by atoms with Gasteiger partial charge in [0.2, 0.25) is 0 Å². The first-order chi connectivity index (χ1) is 20.2. The van der Waals surface area contributed by atoms with Crippen molar-refractivity contribution in [2.24, 2.45) is 0 Å². The minimum Gasteiger partial charge on any atom is -0.488 e. The Morgan fingerprint density at radius 3 is 1.95 bits per heavy atom. The van der Waals surface area contributed by atoms with Gasteiger partial charge in [-0.25, -0.2) is 0 Å². The van der Waals surface area contributed by atoms with E-state index in [-0.39, 0.29) is 22.9 Å². The molecule has 0 aliphatic carbocycles. The maximum Gasteiger partial charge on any atom is 0.461 e. The molecule has 0 bridgehead atoms. The normalized spacial score (nSPS) is 16.9. The first kappa shape index (κ1) is 33.0. The number of ether oxygens (including phenoxy) is 2. The van der Waals surface area contributed by atoms with Gasteiger partial charge < -0.3 is 19.5 Å². The molecule has 0 aromatic heterocycles. The highest BCUT2D eigenvalue weighted by Crippen LogP contribution is 2.48. The minimum absolute atomic E-state index is 0.117. The number of alkyl halides is 13. The van der Waals surface area contributed by atoms with E-state index in [1.54, 1.807) is 0 Å². The molecule has 0 radical (unpaired) electrons. The second kappa shape index (κ2) is 11.6. The molecule has 44 heavy (non-hydrogen) atoms. The number of hydrogen-bond acceptors (Lipinski definition) is 4. The summed E-state index contributed by atoms with van der Waals surface area (Å²) in [5.41, 5.74) is -4.82. The van der Waals surface area contributed by atoms with Gasteiger partial charge in [-0.2, -0.15) is 57.1 Å². The fourth-order valence-corrected chi connectivity index (χ4v) is 4.44. The fourth-order valence-electron chi connectivity index (χ4n) is 4.44. The van der Waals surface area contributed by atoms with E-state index in [0.717, 1.165) is 41.3 Å². The van der Waals surface area contributed by atoms with Crippen LogP contribution in [-0.2, 0) is 12.4 Å². The van der Waals surface area contributed by atoms with Gasteiger partial charge >= 0.3 is 31.1 Å². The molecular formula is C27H18F13NO3.